The molecule has 0 bridgehead atoms. The molecular weight excluding hydrogens is 274 g/mol. The van der Waals surface area contributed by atoms with E-state index in [1.165, 1.54) is 14.2 Å². The van der Waals surface area contributed by atoms with Crippen LogP contribution in [-0.4, -0.2) is 32.6 Å². The second-order valence-corrected chi connectivity index (χ2v) is 4.30. The summed E-state index contributed by atoms with van der Waals surface area (Å²) in [6.07, 6.45) is 1.11. The highest BCUT2D eigenvalue weighted by Crippen LogP contribution is 2.36. The summed E-state index contributed by atoms with van der Waals surface area (Å²) >= 11 is 0. The maximum Gasteiger partial charge on any atom is 0.238 e. The molecule has 0 aliphatic rings. The molecule has 4 N–H and O–H groups in total. The molecule has 2 amide bonds. The third-order valence-electron chi connectivity index (χ3n) is 2.73. The number of ether oxygens (including phenoxy) is 2. The Balaban J connectivity index is 3.16. The summed E-state index contributed by atoms with van der Waals surface area (Å²) in [6.45, 7) is 1.75. The normalized spacial score (nSPS) is 9.90. The van der Waals surface area contributed by atoms with E-state index in [0.717, 1.165) is 6.42 Å². The fourth-order valence-electron chi connectivity index (χ4n) is 1.73. The average molecular weight is 295 g/mol. The third-order valence-corrected chi connectivity index (χ3v) is 2.73. The molecule has 7 heteroatoms. The number of anilines is 2. The summed E-state index contributed by atoms with van der Waals surface area (Å²) in [5.41, 5.74) is 6.14. The molecule has 1 rings (SSSR count). The van der Waals surface area contributed by atoms with Crippen LogP contribution in [0, 0.1) is 0 Å². The lowest BCUT2D eigenvalue weighted by atomic mass is 10.2. The number of nitrogens with two attached hydrogens (primary N) is 1. The molecule has 1 aromatic rings. The van der Waals surface area contributed by atoms with Gasteiger partial charge in [0, 0.05) is 18.6 Å². The van der Waals surface area contributed by atoms with Gasteiger partial charge in [-0.2, -0.15) is 0 Å². The SMILES string of the molecule is CCCC(=O)Nc1cc(OC)c(OC)cc1NC(=O)CN. The molecule has 0 aliphatic carbocycles. The van der Waals surface area contributed by atoms with Gasteiger partial charge >= 0.3 is 0 Å². The molecule has 0 unspecified atom stereocenters. The van der Waals surface area contributed by atoms with Crippen LogP contribution >= 0.6 is 0 Å². The fraction of sp³-hybridized carbons (Fsp3) is 0.429. The van der Waals surface area contributed by atoms with E-state index in [4.69, 9.17) is 15.2 Å². The van der Waals surface area contributed by atoms with Gasteiger partial charge in [0.25, 0.3) is 0 Å². The number of carbonyl (C=O) groups is 2. The van der Waals surface area contributed by atoms with Crippen LogP contribution in [0.1, 0.15) is 19.8 Å². The van der Waals surface area contributed by atoms with E-state index in [1.54, 1.807) is 12.1 Å². The predicted octanol–water partition coefficient (Wildman–Crippen LogP) is 1.34. The van der Waals surface area contributed by atoms with E-state index >= 15 is 0 Å². The molecule has 0 spiro atoms. The second-order valence-electron chi connectivity index (χ2n) is 4.30. The van der Waals surface area contributed by atoms with Crippen LogP contribution in [0.15, 0.2) is 12.1 Å². The number of hydrogen-bond donors (Lipinski definition) is 3. The number of nitrogens with one attached hydrogen (secondary N) is 2. The predicted molar refractivity (Wildman–Crippen MR) is 80.8 cm³/mol. The van der Waals surface area contributed by atoms with Gasteiger partial charge in [-0.3, -0.25) is 9.59 Å². The number of hydrogen-bond acceptors (Lipinski definition) is 5. The molecule has 0 saturated heterocycles. The van der Waals surface area contributed by atoms with Gasteiger partial charge in [0.2, 0.25) is 11.8 Å². The Bertz CT molecular complexity index is 517. The Morgan fingerprint density at radius 2 is 1.52 bits per heavy atom. The number of methoxy groups -OCH3 is 2. The molecule has 7 nitrogen and oxygen atoms in total. The Labute approximate surface area is 123 Å². The van der Waals surface area contributed by atoms with E-state index in [9.17, 15) is 9.59 Å². The van der Waals surface area contributed by atoms with Crippen molar-refractivity contribution in [2.24, 2.45) is 5.73 Å². The van der Waals surface area contributed by atoms with E-state index < -0.39 is 0 Å². The molecule has 0 heterocycles. The first-order valence-electron chi connectivity index (χ1n) is 6.61. The van der Waals surface area contributed by atoms with Crippen molar-refractivity contribution < 1.29 is 19.1 Å². The lowest BCUT2D eigenvalue weighted by molar-refractivity contribution is -0.116. The Hall–Kier alpha value is -2.28. The summed E-state index contributed by atoms with van der Waals surface area (Å²) in [4.78, 5) is 23.2. The van der Waals surface area contributed by atoms with Crippen molar-refractivity contribution in [3.05, 3.63) is 12.1 Å². The van der Waals surface area contributed by atoms with Crippen LogP contribution < -0.4 is 25.8 Å². The summed E-state index contributed by atoms with van der Waals surface area (Å²) in [5, 5.41) is 5.36. The van der Waals surface area contributed by atoms with Gasteiger partial charge in [0.1, 0.15) is 0 Å². The maximum absolute atomic E-state index is 11.8. The van der Waals surface area contributed by atoms with Crippen LogP contribution in [-0.2, 0) is 9.59 Å². The topological polar surface area (TPSA) is 103 Å². The third kappa shape index (κ3) is 4.64. The maximum atomic E-state index is 11.8. The Kier molecular flexibility index (Phi) is 6.48. The minimum Gasteiger partial charge on any atom is -0.493 e. The smallest absolute Gasteiger partial charge is 0.238 e. The molecule has 0 atom stereocenters. The minimum atomic E-state index is -0.367. The van der Waals surface area contributed by atoms with Gasteiger partial charge in [0.15, 0.2) is 11.5 Å². The van der Waals surface area contributed by atoms with Gasteiger partial charge in [-0.25, -0.2) is 0 Å². The van der Waals surface area contributed by atoms with Crippen LogP contribution in [0.5, 0.6) is 11.5 Å². The van der Waals surface area contributed by atoms with E-state index in [2.05, 4.69) is 10.6 Å². The standard InChI is InChI=1S/C14H21N3O4/c1-4-5-13(18)16-9-6-11(20-2)12(21-3)7-10(9)17-14(19)8-15/h6-7H,4-5,8,15H2,1-3H3,(H,16,18)(H,17,19). The lowest BCUT2D eigenvalue weighted by Gasteiger charge is -2.16. The fourth-order valence-corrected chi connectivity index (χ4v) is 1.73. The summed E-state index contributed by atoms with van der Waals surface area (Å²) in [7, 11) is 2.98. The van der Waals surface area contributed by atoms with Crippen molar-refractivity contribution in [1.82, 2.24) is 0 Å². The van der Waals surface area contributed by atoms with Crippen molar-refractivity contribution in [3.63, 3.8) is 0 Å². The Morgan fingerprint density at radius 1 is 1.05 bits per heavy atom. The minimum absolute atomic E-state index is 0.145. The zero-order valence-corrected chi connectivity index (χ0v) is 12.5. The molecule has 0 aromatic heterocycles. The van der Waals surface area contributed by atoms with Gasteiger partial charge in [-0.15, -0.1) is 0 Å². The molecule has 0 fully saturated rings. The van der Waals surface area contributed by atoms with Crippen molar-refractivity contribution >= 4 is 23.2 Å². The van der Waals surface area contributed by atoms with Gasteiger partial charge < -0.3 is 25.8 Å². The van der Waals surface area contributed by atoms with Crippen LogP contribution in [0.3, 0.4) is 0 Å². The van der Waals surface area contributed by atoms with Crippen molar-refractivity contribution in [3.8, 4) is 11.5 Å². The van der Waals surface area contributed by atoms with E-state index in [1.807, 2.05) is 6.92 Å². The molecule has 116 valence electrons. The first kappa shape index (κ1) is 16.8. The molecular formula is C14H21N3O4. The lowest BCUT2D eigenvalue weighted by Crippen LogP contribution is -2.23. The largest absolute Gasteiger partial charge is 0.493 e. The first-order chi connectivity index (χ1) is 10.0. The molecule has 0 saturated carbocycles. The summed E-state index contributed by atoms with van der Waals surface area (Å²) in [5.74, 6) is 0.384. The quantitative estimate of drug-likeness (QED) is 0.704. The molecule has 21 heavy (non-hydrogen) atoms. The molecule has 1 aromatic carbocycles. The highest BCUT2D eigenvalue weighted by molar-refractivity contribution is 6.00. The highest BCUT2D eigenvalue weighted by atomic mass is 16.5. The van der Waals surface area contributed by atoms with Crippen molar-refractivity contribution in [1.29, 1.82) is 0 Å². The van der Waals surface area contributed by atoms with E-state index in [-0.39, 0.29) is 18.4 Å². The van der Waals surface area contributed by atoms with Gasteiger partial charge in [-0.05, 0) is 6.42 Å². The van der Waals surface area contributed by atoms with Gasteiger partial charge in [0.05, 0.1) is 32.1 Å². The summed E-state index contributed by atoms with van der Waals surface area (Å²) < 4.78 is 10.4. The average Bonchev–Trinajstić information content (AvgIpc) is 2.48. The van der Waals surface area contributed by atoms with Crippen LogP contribution in [0.4, 0.5) is 11.4 Å². The zero-order valence-electron chi connectivity index (χ0n) is 12.5. The van der Waals surface area contributed by atoms with Crippen LogP contribution in [0.2, 0.25) is 0 Å². The van der Waals surface area contributed by atoms with Gasteiger partial charge in [-0.1, -0.05) is 6.92 Å². The van der Waals surface area contributed by atoms with Crippen LogP contribution in [0.25, 0.3) is 0 Å². The first-order valence-corrected chi connectivity index (χ1v) is 6.61. The zero-order chi connectivity index (χ0) is 15.8. The second kappa shape index (κ2) is 8.11. The van der Waals surface area contributed by atoms with Crippen molar-refractivity contribution in [2.45, 2.75) is 19.8 Å². The number of rotatable bonds is 7. The van der Waals surface area contributed by atoms with Crippen molar-refractivity contribution in [2.75, 3.05) is 31.4 Å². The molecule has 0 radical (unpaired) electrons. The number of benzene rings is 1. The monoisotopic (exact) mass is 295 g/mol. The summed E-state index contributed by atoms with van der Waals surface area (Å²) in [6, 6.07) is 3.17. The number of amides is 2. The number of carbonyl (C=O) groups excluding carboxylic acids is 2. The Morgan fingerprint density at radius 3 is 1.90 bits per heavy atom. The molecule has 0 aliphatic heterocycles. The van der Waals surface area contributed by atoms with E-state index in [0.29, 0.717) is 29.3 Å². The highest BCUT2D eigenvalue weighted by Gasteiger charge is 2.14.